The molecule has 0 spiro atoms. The van der Waals surface area contributed by atoms with Crippen LogP contribution in [0.25, 0.3) is 12.2 Å². The fourth-order valence-corrected chi connectivity index (χ4v) is 7.02. The van der Waals surface area contributed by atoms with Gasteiger partial charge in [0, 0.05) is 0 Å². The summed E-state index contributed by atoms with van der Waals surface area (Å²) in [4.78, 5) is 0. The number of hydrogen-bond acceptors (Lipinski definition) is 0. The maximum Gasteiger partial charge on any atom is -0.147 e. The van der Waals surface area contributed by atoms with Gasteiger partial charge in [0.15, 0.2) is 0 Å². The molecule has 0 N–H and O–H groups in total. The summed E-state index contributed by atoms with van der Waals surface area (Å²) in [5.41, 5.74) is 5.85. The van der Waals surface area contributed by atoms with E-state index in [0.717, 1.165) is 0 Å². The van der Waals surface area contributed by atoms with Crippen LogP contribution in [0.2, 0.25) is 0 Å². The Hall–Kier alpha value is -0.786. The number of rotatable bonds is 2. The van der Waals surface area contributed by atoms with Crippen molar-refractivity contribution in [3.8, 4) is 0 Å². The van der Waals surface area contributed by atoms with Gasteiger partial charge in [-0.25, -0.2) is 0 Å². The van der Waals surface area contributed by atoms with Crippen molar-refractivity contribution in [3.63, 3.8) is 0 Å². The van der Waals surface area contributed by atoms with E-state index < -0.39 is 0 Å². The smallest absolute Gasteiger partial charge is 0.147 e. The van der Waals surface area contributed by atoms with Crippen molar-refractivity contribution in [2.45, 2.75) is 21.3 Å². The molecule has 0 saturated heterocycles. The van der Waals surface area contributed by atoms with Crippen LogP contribution in [-0.4, -0.2) is 0 Å². The molecule has 0 aliphatic heterocycles. The first-order chi connectivity index (χ1) is 10.1. The largest absolute Gasteiger partial charge is 0.147 e. The minimum atomic E-state index is -0.266. The minimum Gasteiger partial charge on any atom is -0.147 e. The van der Waals surface area contributed by atoms with Crippen LogP contribution < -0.4 is 0 Å². The number of halogens is 2. The molecule has 3 heteroatoms. The molecule has 23 heavy (non-hydrogen) atoms. The summed E-state index contributed by atoms with van der Waals surface area (Å²) in [7, 11) is 0. The van der Waals surface area contributed by atoms with Crippen molar-refractivity contribution in [2.75, 3.05) is 0 Å². The SMILES string of the molecule is C[C]1([Ti][C]2(C)C=Cc3ccccc32)C=Cc2ccccc21.Cl.Cl. The Bertz CT molecular complexity index is 715. The molecule has 0 amide bonds. The van der Waals surface area contributed by atoms with E-state index in [1.165, 1.54) is 22.3 Å². The first-order valence-corrected chi connectivity index (χ1v) is 9.04. The Labute approximate surface area is 159 Å². The van der Waals surface area contributed by atoms with Crippen LogP contribution >= 0.6 is 24.8 Å². The fourth-order valence-electron chi connectivity index (χ4n) is 3.68. The van der Waals surface area contributed by atoms with E-state index in [1.54, 1.807) is 0 Å². The van der Waals surface area contributed by atoms with E-state index in [4.69, 9.17) is 0 Å². The first-order valence-electron chi connectivity index (χ1n) is 7.48. The van der Waals surface area contributed by atoms with Crippen LogP contribution in [0, 0.1) is 0 Å². The summed E-state index contributed by atoms with van der Waals surface area (Å²) in [5.74, 6) is 0. The third-order valence-electron chi connectivity index (χ3n) is 4.75. The zero-order valence-electron chi connectivity index (χ0n) is 13.2. The predicted molar refractivity (Wildman–Crippen MR) is 100 cm³/mol. The standard InChI is InChI=1S/2C10H9.2ClH.Ti/c2*1-8-6-7-9-4-2-3-5-10(8)9;;;/h2*2-7H,1H3;2*1H;. The van der Waals surface area contributed by atoms with Crippen molar-refractivity contribution in [1.82, 2.24) is 0 Å². The molecule has 0 fully saturated rings. The molecule has 118 valence electrons. The molecule has 0 bridgehead atoms. The Morgan fingerprint density at radius 1 is 0.652 bits per heavy atom. The molecule has 2 unspecified atom stereocenters. The molecule has 2 aliphatic rings. The number of fused-ring (bicyclic) bond motifs is 2. The average Bonchev–Trinajstić information content (AvgIpc) is 3.00. The van der Waals surface area contributed by atoms with Crippen molar-refractivity contribution < 1.29 is 19.2 Å². The minimum absolute atomic E-state index is 0. The molecule has 0 heterocycles. The Kier molecular flexibility index (Phi) is 5.33. The molecule has 2 aliphatic carbocycles. The third-order valence-corrected chi connectivity index (χ3v) is 7.74. The molecule has 4 rings (SSSR count). The van der Waals surface area contributed by atoms with Gasteiger partial charge in [-0.1, -0.05) is 0 Å². The third kappa shape index (κ3) is 2.99. The van der Waals surface area contributed by atoms with Crippen LogP contribution in [0.5, 0.6) is 0 Å². The summed E-state index contributed by atoms with van der Waals surface area (Å²) >= 11 is -0.266. The van der Waals surface area contributed by atoms with Crippen LogP contribution in [0.1, 0.15) is 36.1 Å². The van der Waals surface area contributed by atoms with E-state index in [-0.39, 0.29) is 51.4 Å². The molecular weight excluding hydrogens is 359 g/mol. The van der Waals surface area contributed by atoms with E-state index in [9.17, 15) is 0 Å². The van der Waals surface area contributed by atoms with E-state index in [2.05, 4.69) is 86.7 Å². The van der Waals surface area contributed by atoms with E-state index >= 15 is 0 Å². The van der Waals surface area contributed by atoms with Gasteiger partial charge in [0.1, 0.15) is 0 Å². The molecular formula is C20H20Cl2Ti. The number of hydrogen-bond donors (Lipinski definition) is 0. The first kappa shape index (κ1) is 18.6. The van der Waals surface area contributed by atoms with Gasteiger partial charge in [-0.2, -0.15) is 0 Å². The second-order valence-corrected chi connectivity index (χ2v) is 10.0. The molecule has 0 nitrogen and oxygen atoms in total. The zero-order valence-corrected chi connectivity index (χ0v) is 16.4. The van der Waals surface area contributed by atoms with E-state index in [1.807, 2.05) is 0 Å². The van der Waals surface area contributed by atoms with Crippen molar-refractivity contribution in [2.24, 2.45) is 0 Å². The average molecular weight is 379 g/mol. The van der Waals surface area contributed by atoms with Gasteiger partial charge in [-0.3, -0.25) is 0 Å². The zero-order chi connectivity index (χ0) is 14.5. The Balaban J connectivity index is 0.000000960. The maximum absolute atomic E-state index is 2.44. The van der Waals surface area contributed by atoms with Gasteiger partial charge < -0.3 is 0 Å². The summed E-state index contributed by atoms with van der Waals surface area (Å²) in [6.07, 6.45) is 9.51. The topological polar surface area (TPSA) is 0 Å². The van der Waals surface area contributed by atoms with Gasteiger partial charge in [0.2, 0.25) is 0 Å². The van der Waals surface area contributed by atoms with Crippen LogP contribution in [0.3, 0.4) is 0 Å². The van der Waals surface area contributed by atoms with Gasteiger partial charge in [-0.15, -0.1) is 24.8 Å². The van der Waals surface area contributed by atoms with Gasteiger partial charge >= 0.3 is 136 Å². The van der Waals surface area contributed by atoms with Crippen molar-refractivity contribution in [1.29, 1.82) is 0 Å². The number of allylic oxidation sites excluding steroid dienone is 2. The molecule has 0 saturated carbocycles. The molecule has 2 aromatic rings. The van der Waals surface area contributed by atoms with Gasteiger partial charge in [0.25, 0.3) is 0 Å². The second-order valence-electron chi connectivity index (χ2n) is 6.37. The maximum atomic E-state index is 2.44. The van der Waals surface area contributed by atoms with Gasteiger partial charge in [-0.05, 0) is 0 Å². The monoisotopic (exact) mass is 378 g/mol. The fraction of sp³-hybridized carbons (Fsp3) is 0.200. The van der Waals surface area contributed by atoms with Crippen molar-refractivity contribution >= 4 is 37.0 Å². The Morgan fingerprint density at radius 3 is 1.48 bits per heavy atom. The predicted octanol–water partition coefficient (Wildman–Crippen LogP) is 5.80. The Morgan fingerprint density at radius 2 is 1.04 bits per heavy atom. The normalized spacial score (nSPS) is 26.0. The van der Waals surface area contributed by atoms with E-state index in [0.29, 0.717) is 0 Å². The van der Waals surface area contributed by atoms with Crippen LogP contribution in [0.4, 0.5) is 0 Å². The van der Waals surface area contributed by atoms with Gasteiger partial charge in [0.05, 0.1) is 0 Å². The summed E-state index contributed by atoms with van der Waals surface area (Å²) < 4.78 is 0.486. The molecule has 2 atom stereocenters. The summed E-state index contributed by atoms with van der Waals surface area (Å²) in [5, 5.41) is 0. The molecule has 0 aromatic heterocycles. The summed E-state index contributed by atoms with van der Waals surface area (Å²) in [6.45, 7) is 4.85. The summed E-state index contributed by atoms with van der Waals surface area (Å²) in [6, 6.07) is 17.7. The van der Waals surface area contributed by atoms with Crippen molar-refractivity contribution in [3.05, 3.63) is 82.9 Å². The van der Waals surface area contributed by atoms with Crippen LogP contribution in [-0.2, 0) is 26.6 Å². The van der Waals surface area contributed by atoms with Crippen LogP contribution in [0.15, 0.2) is 60.7 Å². The molecule has 0 radical (unpaired) electrons. The quantitative estimate of drug-likeness (QED) is 0.579. The second kappa shape index (κ2) is 6.61. The number of benzene rings is 2. The molecule has 2 aromatic carbocycles.